The summed E-state index contributed by atoms with van der Waals surface area (Å²) in [4.78, 5) is 2.07. The van der Waals surface area contributed by atoms with Crippen molar-refractivity contribution >= 4 is 23.0 Å². The molecule has 128 valence electrons. The van der Waals surface area contributed by atoms with Crippen LogP contribution in [0.3, 0.4) is 0 Å². The lowest BCUT2D eigenvalue weighted by atomic mass is 10.2. The number of anilines is 1. The summed E-state index contributed by atoms with van der Waals surface area (Å²) in [6.45, 7) is 1.26. The van der Waals surface area contributed by atoms with Crippen LogP contribution in [0.1, 0.15) is 11.3 Å². The average Bonchev–Trinajstić information content (AvgIpc) is 3.16. The Morgan fingerprint density at radius 3 is 2.40 bits per heavy atom. The Kier molecular flexibility index (Phi) is 5.69. The third kappa shape index (κ3) is 4.84. The third-order valence-electron chi connectivity index (χ3n) is 3.77. The normalized spacial score (nSPS) is 10.3. The second kappa shape index (κ2) is 8.35. The molecule has 0 bridgehead atoms. The van der Waals surface area contributed by atoms with Crippen molar-refractivity contribution in [1.29, 1.82) is 0 Å². The Bertz CT molecular complexity index is 786. The molecule has 0 saturated heterocycles. The fourth-order valence-electron chi connectivity index (χ4n) is 2.47. The summed E-state index contributed by atoms with van der Waals surface area (Å²) in [5, 5.41) is 3.94. The number of para-hydroxylation sites is 1. The number of hydrogen-bond acceptors (Lipinski definition) is 3. The number of furan rings is 1. The van der Waals surface area contributed by atoms with Gasteiger partial charge in [-0.2, -0.15) is 0 Å². The molecular formula is C20H20N2O2S. The first-order valence-electron chi connectivity index (χ1n) is 8.01. The lowest BCUT2D eigenvalue weighted by molar-refractivity contribution is 0.360. The Balaban J connectivity index is 1.74. The molecule has 0 fully saturated rings. The summed E-state index contributed by atoms with van der Waals surface area (Å²) in [5.41, 5.74) is 2.11. The van der Waals surface area contributed by atoms with Crippen LogP contribution in [0, 0.1) is 0 Å². The first kappa shape index (κ1) is 17.0. The highest BCUT2D eigenvalue weighted by atomic mass is 32.1. The number of nitrogens with one attached hydrogen (secondary N) is 1. The molecule has 4 nitrogen and oxygen atoms in total. The highest BCUT2D eigenvalue weighted by Gasteiger charge is 2.13. The number of nitrogens with zero attached hydrogens (tertiary/aromatic N) is 1. The molecule has 3 rings (SSSR count). The molecule has 0 saturated carbocycles. The molecule has 1 heterocycles. The largest absolute Gasteiger partial charge is 0.497 e. The van der Waals surface area contributed by atoms with Gasteiger partial charge in [0.1, 0.15) is 11.5 Å². The van der Waals surface area contributed by atoms with E-state index in [1.165, 1.54) is 0 Å². The minimum absolute atomic E-state index is 0.595. The Hall–Kier alpha value is -2.79. The van der Waals surface area contributed by atoms with Gasteiger partial charge in [0, 0.05) is 12.2 Å². The fraction of sp³-hybridized carbons (Fsp3) is 0.150. The molecular weight excluding hydrogens is 332 g/mol. The van der Waals surface area contributed by atoms with Crippen LogP contribution in [0.2, 0.25) is 0 Å². The van der Waals surface area contributed by atoms with E-state index in [9.17, 15) is 0 Å². The molecule has 0 aliphatic rings. The number of methoxy groups -OCH3 is 1. The second-order valence-corrected chi connectivity index (χ2v) is 5.97. The van der Waals surface area contributed by atoms with E-state index in [-0.39, 0.29) is 0 Å². The SMILES string of the molecule is COc1ccc(CN(Cc2ccco2)C(=S)Nc2ccccc2)cc1. The zero-order valence-electron chi connectivity index (χ0n) is 14.0. The molecule has 2 aromatic carbocycles. The molecule has 5 heteroatoms. The summed E-state index contributed by atoms with van der Waals surface area (Å²) in [6, 6.07) is 21.7. The molecule has 0 amide bonds. The van der Waals surface area contributed by atoms with Crippen molar-refractivity contribution in [2.75, 3.05) is 12.4 Å². The molecule has 0 aliphatic carbocycles. The van der Waals surface area contributed by atoms with Crippen molar-refractivity contribution in [3.8, 4) is 5.75 Å². The zero-order valence-corrected chi connectivity index (χ0v) is 14.8. The van der Waals surface area contributed by atoms with Crippen LogP contribution in [-0.4, -0.2) is 17.1 Å². The lowest BCUT2D eigenvalue weighted by Crippen LogP contribution is -2.33. The van der Waals surface area contributed by atoms with E-state index in [1.54, 1.807) is 13.4 Å². The smallest absolute Gasteiger partial charge is 0.174 e. The zero-order chi connectivity index (χ0) is 17.5. The maximum absolute atomic E-state index is 5.63. The van der Waals surface area contributed by atoms with E-state index < -0.39 is 0 Å². The quantitative estimate of drug-likeness (QED) is 0.652. The van der Waals surface area contributed by atoms with Gasteiger partial charge in [-0.3, -0.25) is 0 Å². The molecule has 25 heavy (non-hydrogen) atoms. The van der Waals surface area contributed by atoms with Gasteiger partial charge in [-0.15, -0.1) is 0 Å². The van der Waals surface area contributed by atoms with Crippen molar-refractivity contribution in [2.24, 2.45) is 0 Å². The van der Waals surface area contributed by atoms with Gasteiger partial charge >= 0.3 is 0 Å². The molecule has 0 radical (unpaired) electrons. The molecule has 0 spiro atoms. The molecule has 1 aromatic heterocycles. The van der Waals surface area contributed by atoms with Crippen molar-refractivity contribution in [3.63, 3.8) is 0 Å². The van der Waals surface area contributed by atoms with Gasteiger partial charge < -0.3 is 19.4 Å². The van der Waals surface area contributed by atoms with Crippen molar-refractivity contribution in [3.05, 3.63) is 84.3 Å². The first-order valence-corrected chi connectivity index (χ1v) is 8.42. The van der Waals surface area contributed by atoms with E-state index in [0.29, 0.717) is 18.2 Å². The maximum Gasteiger partial charge on any atom is 0.174 e. The van der Waals surface area contributed by atoms with Crippen molar-refractivity contribution in [2.45, 2.75) is 13.1 Å². The number of benzene rings is 2. The monoisotopic (exact) mass is 352 g/mol. The average molecular weight is 352 g/mol. The van der Waals surface area contributed by atoms with Gasteiger partial charge in [-0.05, 0) is 54.2 Å². The Labute approximate surface area is 153 Å². The van der Waals surface area contributed by atoms with E-state index >= 15 is 0 Å². The number of ether oxygens (including phenoxy) is 1. The van der Waals surface area contributed by atoms with Gasteiger partial charge in [0.2, 0.25) is 0 Å². The number of rotatable bonds is 6. The summed E-state index contributed by atoms with van der Waals surface area (Å²) in [6.07, 6.45) is 1.68. The van der Waals surface area contributed by atoms with Gasteiger partial charge in [0.05, 0.1) is 19.9 Å². The molecule has 0 aliphatic heterocycles. The summed E-state index contributed by atoms with van der Waals surface area (Å²) < 4.78 is 10.7. The minimum Gasteiger partial charge on any atom is -0.497 e. The highest BCUT2D eigenvalue weighted by molar-refractivity contribution is 7.80. The number of thiocarbonyl (C=S) groups is 1. The van der Waals surface area contributed by atoms with Gasteiger partial charge in [0.25, 0.3) is 0 Å². The van der Waals surface area contributed by atoms with Gasteiger partial charge in [-0.25, -0.2) is 0 Å². The Morgan fingerprint density at radius 1 is 1.00 bits per heavy atom. The van der Waals surface area contributed by atoms with Gasteiger partial charge in [-0.1, -0.05) is 30.3 Å². The van der Waals surface area contributed by atoms with Crippen LogP contribution in [-0.2, 0) is 13.1 Å². The maximum atomic E-state index is 5.63. The van der Waals surface area contributed by atoms with Crippen LogP contribution >= 0.6 is 12.2 Å². The van der Waals surface area contributed by atoms with Crippen LogP contribution in [0.15, 0.2) is 77.4 Å². The third-order valence-corrected chi connectivity index (χ3v) is 4.13. The molecule has 3 aromatic rings. The molecule has 0 atom stereocenters. The van der Waals surface area contributed by atoms with E-state index in [0.717, 1.165) is 22.8 Å². The van der Waals surface area contributed by atoms with Crippen LogP contribution in [0.4, 0.5) is 5.69 Å². The topological polar surface area (TPSA) is 37.6 Å². The van der Waals surface area contributed by atoms with E-state index in [4.69, 9.17) is 21.4 Å². The fourth-order valence-corrected chi connectivity index (χ4v) is 2.71. The van der Waals surface area contributed by atoms with Gasteiger partial charge in [0.15, 0.2) is 5.11 Å². The second-order valence-electron chi connectivity index (χ2n) is 5.58. The summed E-state index contributed by atoms with van der Waals surface area (Å²) >= 11 is 5.63. The number of hydrogen-bond donors (Lipinski definition) is 1. The molecule has 0 unspecified atom stereocenters. The predicted molar refractivity (Wildman–Crippen MR) is 104 cm³/mol. The van der Waals surface area contributed by atoms with Crippen LogP contribution < -0.4 is 10.1 Å². The predicted octanol–water partition coefficient (Wildman–Crippen LogP) is 4.69. The van der Waals surface area contributed by atoms with E-state index in [2.05, 4.69) is 10.2 Å². The Morgan fingerprint density at radius 2 is 1.76 bits per heavy atom. The minimum atomic E-state index is 0.595. The van der Waals surface area contributed by atoms with Crippen LogP contribution in [0.5, 0.6) is 5.75 Å². The standard InChI is InChI=1S/C20H20N2O2S/c1-23-18-11-9-16(10-12-18)14-22(15-19-8-5-13-24-19)20(25)21-17-6-3-2-4-7-17/h2-13H,14-15H2,1H3,(H,21,25). The highest BCUT2D eigenvalue weighted by Crippen LogP contribution is 2.16. The van der Waals surface area contributed by atoms with E-state index in [1.807, 2.05) is 66.7 Å². The first-order chi connectivity index (χ1) is 12.2. The summed E-state index contributed by atoms with van der Waals surface area (Å²) in [7, 11) is 1.66. The lowest BCUT2D eigenvalue weighted by Gasteiger charge is -2.25. The van der Waals surface area contributed by atoms with Crippen LogP contribution in [0.25, 0.3) is 0 Å². The van der Waals surface area contributed by atoms with Crippen molar-refractivity contribution in [1.82, 2.24) is 4.90 Å². The summed E-state index contributed by atoms with van der Waals surface area (Å²) in [5.74, 6) is 1.71. The molecule has 1 N–H and O–H groups in total. The van der Waals surface area contributed by atoms with Crippen molar-refractivity contribution < 1.29 is 9.15 Å².